The van der Waals surface area contributed by atoms with E-state index in [2.05, 4.69) is 15.5 Å². The van der Waals surface area contributed by atoms with Gasteiger partial charge in [0.25, 0.3) is 0 Å². The van der Waals surface area contributed by atoms with Crippen molar-refractivity contribution in [3.8, 4) is 0 Å². The Morgan fingerprint density at radius 1 is 1.77 bits per heavy atom. The van der Waals surface area contributed by atoms with Crippen LogP contribution in [-0.4, -0.2) is 26.6 Å². The zero-order valence-corrected chi connectivity index (χ0v) is 8.08. The number of carbonyl (C=O) groups excluding carboxylic acids is 1. The minimum absolute atomic E-state index is 0.0713. The average molecular weight is 203 g/mol. The molecule has 72 valence electrons. The van der Waals surface area contributed by atoms with E-state index in [1.807, 2.05) is 7.05 Å². The van der Waals surface area contributed by atoms with E-state index in [4.69, 9.17) is 11.6 Å². The van der Waals surface area contributed by atoms with E-state index in [-0.39, 0.29) is 5.91 Å². The van der Waals surface area contributed by atoms with Crippen LogP contribution in [0.5, 0.6) is 0 Å². The first-order valence-corrected chi connectivity index (χ1v) is 4.43. The molecule has 0 unspecified atom stereocenters. The lowest BCUT2D eigenvalue weighted by Gasteiger charge is -2.02. The highest BCUT2D eigenvalue weighted by atomic mass is 35.5. The maximum Gasteiger partial charge on any atom is 0.221 e. The summed E-state index contributed by atoms with van der Waals surface area (Å²) in [5.74, 6) is 0.992. The molecule has 0 fully saturated rings. The predicted molar refractivity (Wildman–Crippen MR) is 48.2 cm³/mol. The van der Waals surface area contributed by atoms with Crippen molar-refractivity contribution < 1.29 is 4.79 Å². The number of nitrogens with zero attached hydrogens (tertiary/aromatic N) is 3. The molecule has 1 aromatic rings. The number of carbonyl (C=O) groups is 1. The number of amides is 1. The number of rotatable bonds is 4. The largest absolute Gasteiger partial charge is 0.349 e. The lowest BCUT2D eigenvalue weighted by Crippen LogP contribution is -2.24. The molecule has 0 aromatic carbocycles. The van der Waals surface area contributed by atoms with E-state index in [1.165, 1.54) is 0 Å². The third-order valence-corrected chi connectivity index (χ3v) is 1.76. The van der Waals surface area contributed by atoms with Crippen molar-refractivity contribution in [1.29, 1.82) is 0 Å². The Morgan fingerprint density at radius 2 is 2.54 bits per heavy atom. The number of nitrogens with one attached hydrogen (secondary N) is 1. The van der Waals surface area contributed by atoms with Crippen molar-refractivity contribution in [2.24, 2.45) is 7.05 Å². The molecule has 1 amide bonds. The number of hydrogen-bond donors (Lipinski definition) is 1. The molecule has 13 heavy (non-hydrogen) atoms. The fourth-order valence-corrected chi connectivity index (χ4v) is 0.991. The Kier molecular flexibility index (Phi) is 3.70. The molecule has 0 spiro atoms. The van der Waals surface area contributed by atoms with Gasteiger partial charge in [-0.2, -0.15) is 0 Å². The molecular weight excluding hydrogens is 192 g/mol. The van der Waals surface area contributed by atoms with Crippen LogP contribution in [0.25, 0.3) is 0 Å². The van der Waals surface area contributed by atoms with Gasteiger partial charge in [-0.3, -0.25) is 4.79 Å². The van der Waals surface area contributed by atoms with Gasteiger partial charge >= 0.3 is 0 Å². The van der Waals surface area contributed by atoms with Crippen molar-refractivity contribution in [3.63, 3.8) is 0 Å². The first kappa shape index (κ1) is 9.98. The molecule has 1 N–H and O–H groups in total. The molecule has 0 bridgehead atoms. The smallest absolute Gasteiger partial charge is 0.221 e. The van der Waals surface area contributed by atoms with Gasteiger partial charge in [0.05, 0.1) is 6.54 Å². The lowest BCUT2D eigenvalue weighted by molar-refractivity contribution is -0.120. The van der Waals surface area contributed by atoms with Crippen molar-refractivity contribution in [2.45, 2.75) is 13.0 Å². The quantitative estimate of drug-likeness (QED) is 0.703. The van der Waals surface area contributed by atoms with E-state index in [9.17, 15) is 4.79 Å². The number of alkyl halides is 1. The number of halogens is 1. The monoisotopic (exact) mass is 202 g/mol. The van der Waals surface area contributed by atoms with Crippen LogP contribution in [0.15, 0.2) is 6.33 Å². The average Bonchev–Trinajstić information content (AvgIpc) is 2.48. The Labute approximate surface area is 81.1 Å². The molecule has 0 aliphatic carbocycles. The van der Waals surface area contributed by atoms with Crippen LogP contribution in [0, 0.1) is 0 Å². The van der Waals surface area contributed by atoms with Gasteiger partial charge in [-0.05, 0) is 0 Å². The maximum atomic E-state index is 11.0. The zero-order valence-electron chi connectivity index (χ0n) is 7.33. The van der Waals surface area contributed by atoms with Gasteiger partial charge in [-0.15, -0.1) is 21.8 Å². The van der Waals surface area contributed by atoms with E-state index in [0.29, 0.717) is 18.8 Å². The highest BCUT2D eigenvalue weighted by Crippen LogP contribution is 1.91. The molecule has 6 heteroatoms. The summed E-state index contributed by atoms with van der Waals surface area (Å²) in [6.45, 7) is 0.395. The molecule has 1 rings (SSSR count). The molecule has 0 radical (unpaired) electrons. The summed E-state index contributed by atoms with van der Waals surface area (Å²) in [6, 6.07) is 0. The lowest BCUT2D eigenvalue weighted by atomic mass is 10.4. The highest BCUT2D eigenvalue weighted by molar-refractivity contribution is 6.18. The Morgan fingerprint density at radius 3 is 3.08 bits per heavy atom. The second kappa shape index (κ2) is 4.81. The molecule has 0 saturated carbocycles. The predicted octanol–water partition coefficient (Wildman–Crippen LogP) is 0.0602. The molecule has 5 nitrogen and oxygen atoms in total. The van der Waals surface area contributed by atoms with Crippen LogP contribution >= 0.6 is 11.6 Å². The van der Waals surface area contributed by atoms with Crippen molar-refractivity contribution in [3.05, 3.63) is 12.2 Å². The molecule has 0 saturated heterocycles. The van der Waals surface area contributed by atoms with E-state index >= 15 is 0 Å². The van der Waals surface area contributed by atoms with Gasteiger partial charge in [0.1, 0.15) is 6.33 Å². The number of aromatic nitrogens is 3. The van der Waals surface area contributed by atoms with Crippen molar-refractivity contribution >= 4 is 17.5 Å². The van der Waals surface area contributed by atoms with Gasteiger partial charge in [-0.1, -0.05) is 0 Å². The van der Waals surface area contributed by atoms with Crippen LogP contribution in [0.4, 0.5) is 0 Å². The van der Waals surface area contributed by atoms with Crippen molar-refractivity contribution in [2.75, 3.05) is 5.88 Å². The Bertz CT molecular complexity index is 286. The summed E-state index contributed by atoms with van der Waals surface area (Å²) in [4.78, 5) is 11.0. The first-order valence-electron chi connectivity index (χ1n) is 3.89. The van der Waals surface area contributed by atoms with Crippen LogP contribution in [0.3, 0.4) is 0 Å². The fourth-order valence-electron chi connectivity index (χ4n) is 0.819. The summed E-state index contributed by atoms with van der Waals surface area (Å²) < 4.78 is 1.75. The van der Waals surface area contributed by atoms with Crippen LogP contribution in [0.1, 0.15) is 12.2 Å². The van der Waals surface area contributed by atoms with E-state index in [1.54, 1.807) is 10.9 Å². The summed E-state index contributed by atoms with van der Waals surface area (Å²) in [5, 5.41) is 10.2. The molecule has 0 atom stereocenters. The van der Waals surface area contributed by atoms with Crippen LogP contribution in [0.2, 0.25) is 0 Å². The van der Waals surface area contributed by atoms with Gasteiger partial charge in [0.15, 0.2) is 5.82 Å². The van der Waals surface area contributed by atoms with Gasteiger partial charge < -0.3 is 9.88 Å². The normalized spacial score (nSPS) is 10.0. The highest BCUT2D eigenvalue weighted by Gasteiger charge is 2.03. The van der Waals surface area contributed by atoms with Gasteiger partial charge in [0.2, 0.25) is 5.91 Å². The summed E-state index contributed by atoms with van der Waals surface area (Å²) in [7, 11) is 1.82. The third-order valence-electron chi connectivity index (χ3n) is 1.57. The van der Waals surface area contributed by atoms with Gasteiger partial charge in [-0.25, -0.2) is 0 Å². The topological polar surface area (TPSA) is 59.8 Å². The summed E-state index contributed by atoms with van der Waals surface area (Å²) >= 11 is 5.39. The summed E-state index contributed by atoms with van der Waals surface area (Å²) in [5.41, 5.74) is 0. The summed E-state index contributed by atoms with van der Waals surface area (Å²) in [6.07, 6.45) is 1.92. The number of hydrogen-bond acceptors (Lipinski definition) is 3. The Balaban J connectivity index is 2.35. The zero-order chi connectivity index (χ0) is 9.68. The molecule has 0 aliphatic heterocycles. The SMILES string of the molecule is Cn1cnnc1CNC(=O)CCCl. The van der Waals surface area contributed by atoms with Gasteiger partial charge in [0, 0.05) is 19.3 Å². The second-order valence-electron chi connectivity index (χ2n) is 2.57. The maximum absolute atomic E-state index is 11.0. The molecule has 1 heterocycles. The van der Waals surface area contributed by atoms with E-state index in [0.717, 1.165) is 5.82 Å². The molecule has 1 aromatic heterocycles. The third kappa shape index (κ3) is 3.02. The standard InChI is InChI=1S/C7H11ClN4O/c1-12-5-10-11-6(12)4-9-7(13)2-3-8/h5H,2-4H2,1H3,(H,9,13). The van der Waals surface area contributed by atoms with Crippen LogP contribution < -0.4 is 5.32 Å². The fraction of sp³-hybridized carbons (Fsp3) is 0.571. The van der Waals surface area contributed by atoms with E-state index < -0.39 is 0 Å². The molecule has 0 aliphatic rings. The molecular formula is C7H11ClN4O. The first-order chi connectivity index (χ1) is 6.24. The van der Waals surface area contributed by atoms with Crippen LogP contribution in [-0.2, 0) is 18.4 Å². The second-order valence-corrected chi connectivity index (χ2v) is 2.95. The van der Waals surface area contributed by atoms with Crippen molar-refractivity contribution in [1.82, 2.24) is 20.1 Å². The Hall–Kier alpha value is -1.10. The minimum Gasteiger partial charge on any atom is -0.349 e. The minimum atomic E-state index is -0.0713. The number of aryl methyl sites for hydroxylation is 1.